The van der Waals surface area contributed by atoms with Gasteiger partial charge in [-0.05, 0) is 62.5 Å². The Morgan fingerprint density at radius 1 is 0.940 bits per heavy atom. The Labute approximate surface area is 301 Å². The van der Waals surface area contributed by atoms with Crippen LogP contribution in [0.2, 0.25) is 0 Å². The minimum Gasteiger partial charge on any atom is -0.379 e. The van der Waals surface area contributed by atoms with Crippen molar-refractivity contribution in [2.45, 2.75) is 125 Å². The highest BCUT2D eigenvalue weighted by molar-refractivity contribution is 5.82. The van der Waals surface area contributed by atoms with Crippen LogP contribution in [-0.2, 0) is 36.7 Å². The van der Waals surface area contributed by atoms with E-state index in [1.807, 2.05) is 61.9 Å². The molecule has 0 aliphatic carbocycles. The van der Waals surface area contributed by atoms with E-state index in [0.29, 0.717) is 25.2 Å². The van der Waals surface area contributed by atoms with E-state index in [0.717, 1.165) is 37.1 Å². The third kappa shape index (κ3) is 10.9. The number of aryl methyl sites for hydroxylation is 2. The maximum atomic E-state index is 14.3. The van der Waals surface area contributed by atoms with E-state index >= 15 is 0 Å². The van der Waals surface area contributed by atoms with Gasteiger partial charge in [-0.25, -0.2) is 9.97 Å². The molecular weight excluding hydrogens is 628 g/mol. The molecule has 0 spiro atoms. The van der Waals surface area contributed by atoms with Gasteiger partial charge in [0.25, 0.3) is 0 Å². The lowest BCUT2D eigenvalue weighted by atomic mass is 9.86. The van der Waals surface area contributed by atoms with E-state index in [1.165, 1.54) is 5.56 Å². The van der Waals surface area contributed by atoms with Crippen LogP contribution < -0.4 is 0 Å². The second-order valence-corrected chi connectivity index (χ2v) is 15.2. The molecule has 9 heteroatoms. The average molecular weight is 693 g/mol. The summed E-state index contributed by atoms with van der Waals surface area (Å²) >= 11 is 0. The van der Waals surface area contributed by atoms with Gasteiger partial charge in [0.1, 0.15) is 11.6 Å². The van der Waals surface area contributed by atoms with Gasteiger partial charge in [-0.1, -0.05) is 78.3 Å². The maximum absolute atomic E-state index is 14.3. The highest BCUT2D eigenvalue weighted by atomic mass is 16.5. The Balaban J connectivity index is 1.75. The fraction of sp³-hybridized carbons (Fsp3) is 0.683. The van der Waals surface area contributed by atoms with Crippen molar-refractivity contribution in [2.24, 2.45) is 29.6 Å². The summed E-state index contributed by atoms with van der Waals surface area (Å²) in [5.74, 6) is 0.507. The predicted octanol–water partition coefficient (Wildman–Crippen LogP) is 6.67. The molecule has 278 valence electrons. The van der Waals surface area contributed by atoms with E-state index in [2.05, 4.69) is 56.7 Å². The van der Waals surface area contributed by atoms with Gasteiger partial charge >= 0.3 is 0 Å². The molecule has 1 aliphatic heterocycles. The molecule has 0 unspecified atom stereocenters. The van der Waals surface area contributed by atoms with Crippen molar-refractivity contribution < 1.29 is 23.9 Å². The molecule has 1 aromatic heterocycles. The predicted molar refractivity (Wildman–Crippen MR) is 199 cm³/mol. The maximum Gasteiger partial charge on any atom is 0.226 e. The number of carbonyl (C=O) groups is 3. The van der Waals surface area contributed by atoms with Crippen LogP contribution in [0.4, 0.5) is 0 Å². The van der Waals surface area contributed by atoms with Crippen molar-refractivity contribution in [3.05, 3.63) is 59.2 Å². The topological polar surface area (TPSA) is 102 Å². The number of carbonyl (C=O) groups excluding carboxylic acids is 3. The summed E-state index contributed by atoms with van der Waals surface area (Å²) in [6.07, 6.45) is 3.45. The molecular formula is C41H64N4O5. The van der Waals surface area contributed by atoms with Crippen molar-refractivity contribution in [1.82, 2.24) is 19.8 Å². The van der Waals surface area contributed by atoms with E-state index in [9.17, 15) is 14.4 Å². The molecule has 0 saturated carbocycles. The van der Waals surface area contributed by atoms with Crippen LogP contribution in [-0.4, -0.2) is 89.5 Å². The Kier molecular flexibility index (Phi) is 16.0. The van der Waals surface area contributed by atoms with Crippen LogP contribution >= 0.6 is 0 Å². The van der Waals surface area contributed by atoms with Gasteiger partial charge in [0.15, 0.2) is 0 Å². The SMILES string of the molecule is CC[C@H](C)[C@@H]([C@@H](CC(=O)N1CCC[C@H]1[C@H](OC)[C@@H](C)C(=O)C[C@H](C)Cc1ccccc1)OC)N(C)C(=O)[C@@H](Cc1nc(C)cc(C)n1)C(C)C. The molecule has 50 heavy (non-hydrogen) atoms. The first kappa shape index (κ1) is 41.3. The van der Waals surface area contributed by atoms with E-state index in [4.69, 9.17) is 9.47 Å². The van der Waals surface area contributed by atoms with E-state index in [-0.39, 0.29) is 65.7 Å². The molecule has 1 aromatic carbocycles. The molecule has 1 fully saturated rings. The smallest absolute Gasteiger partial charge is 0.226 e. The first-order chi connectivity index (χ1) is 23.7. The van der Waals surface area contributed by atoms with Gasteiger partial charge in [0, 0.05) is 63.9 Å². The van der Waals surface area contributed by atoms with Crippen molar-refractivity contribution in [3.63, 3.8) is 0 Å². The number of Topliss-reactive ketones (excluding diaryl/α,β-unsaturated/α-hetero) is 1. The number of likely N-dealkylation sites (tertiary alicyclic amines) is 1. The van der Waals surface area contributed by atoms with Gasteiger partial charge in [-0.3, -0.25) is 14.4 Å². The number of aromatic nitrogens is 2. The molecule has 8 atom stereocenters. The number of amides is 2. The van der Waals surface area contributed by atoms with Crippen molar-refractivity contribution in [2.75, 3.05) is 27.8 Å². The molecule has 2 aromatic rings. The molecule has 1 aliphatic rings. The van der Waals surface area contributed by atoms with Crippen molar-refractivity contribution >= 4 is 17.6 Å². The normalized spacial score (nSPS) is 19.0. The summed E-state index contributed by atoms with van der Waals surface area (Å²) in [5.41, 5.74) is 3.00. The molecule has 3 rings (SSSR count). The molecule has 0 radical (unpaired) electrons. The summed E-state index contributed by atoms with van der Waals surface area (Å²) in [6, 6.07) is 11.7. The fourth-order valence-corrected chi connectivity index (χ4v) is 7.91. The highest BCUT2D eigenvalue weighted by Crippen LogP contribution is 2.31. The van der Waals surface area contributed by atoms with Crippen molar-refractivity contribution in [3.8, 4) is 0 Å². The van der Waals surface area contributed by atoms with Crippen LogP contribution in [0.3, 0.4) is 0 Å². The average Bonchev–Trinajstić information content (AvgIpc) is 3.56. The Morgan fingerprint density at radius 2 is 1.58 bits per heavy atom. The number of ether oxygens (including phenoxy) is 2. The first-order valence-corrected chi connectivity index (χ1v) is 18.7. The van der Waals surface area contributed by atoms with E-state index < -0.39 is 12.2 Å². The zero-order valence-corrected chi connectivity index (χ0v) is 32.6. The lowest BCUT2D eigenvalue weighted by Crippen LogP contribution is -2.54. The molecule has 1 saturated heterocycles. The van der Waals surface area contributed by atoms with Crippen LogP contribution in [0.1, 0.15) is 96.4 Å². The van der Waals surface area contributed by atoms with Gasteiger partial charge < -0.3 is 19.3 Å². The minimum atomic E-state index is -0.503. The van der Waals surface area contributed by atoms with E-state index in [1.54, 1.807) is 14.2 Å². The Morgan fingerprint density at radius 3 is 2.14 bits per heavy atom. The second-order valence-electron chi connectivity index (χ2n) is 15.2. The standard InChI is InChI=1S/C41H64N4O5/c1-12-28(5)39(44(9)41(48)33(26(2)3)24-37-42-29(6)23-30(7)43-37)36(49-10)25-38(47)45-20-16-19-34(45)40(50-11)31(8)35(46)22-27(4)21-32-17-14-13-15-18-32/h13-15,17-18,23,26-28,31,33-34,36,39-40H,12,16,19-22,24-25H2,1-11H3/t27-,28+,31+,33+,34+,36-,39+,40-/m1/s1. The van der Waals surface area contributed by atoms with Crippen LogP contribution in [0, 0.1) is 43.4 Å². The molecule has 0 N–H and O–H groups in total. The molecule has 0 bridgehead atoms. The number of nitrogens with zero attached hydrogens (tertiary/aromatic N) is 4. The number of methoxy groups -OCH3 is 2. The molecule has 2 amide bonds. The third-order valence-electron chi connectivity index (χ3n) is 10.9. The highest BCUT2D eigenvalue weighted by Gasteiger charge is 2.42. The van der Waals surface area contributed by atoms with Crippen LogP contribution in [0.5, 0.6) is 0 Å². The Hall–Kier alpha value is -3.17. The number of ketones is 1. The number of rotatable bonds is 19. The summed E-state index contributed by atoms with van der Waals surface area (Å²) in [7, 11) is 5.12. The van der Waals surface area contributed by atoms with Gasteiger partial charge in [0.05, 0.1) is 30.7 Å². The number of benzene rings is 1. The first-order valence-electron chi connectivity index (χ1n) is 18.7. The summed E-state index contributed by atoms with van der Waals surface area (Å²) in [4.78, 5) is 54.9. The third-order valence-corrected chi connectivity index (χ3v) is 10.9. The quantitative estimate of drug-likeness (QED) is 0.162. The molecule has 9 nitrogen and oxygen atoms in total. The van der Waals surface area contributed by atoms with Crippen LogP contribution in [0.15, 0.2) is 36.4 Å². The van der Waals surface area contributed by atoms with Crippen molar-refractivity contribution in [1.29, 1.82) is 0 Å². The largest absolute Gasteiger partial charge is 0.379 e. The van der Waals surface area contributed by atoms with Gasteiger partial charge in [-0.2, -0.15) is 0 Å². The van der Waals surface area contributed by atoms with Crippen LogP contribution in [0.25, 0.3) is 0 Å². The minimum absolute atomic E-state index is 0.00915. The summed E-state index contributed by atoms with van der Waals surface area (Å²) in [6.45, 7) is 16.9. The zero-order chi connectivity index (χ0) is 37.1. The Bertz CT molecular complexity index is 1360. The summed E-state index contributed by atoms with van der Waals surface area (Å²) in [5, 5.41) is 0. The number of likely N-dealkylation sites (N-methyl/N-ethyl adjacent to an activating group) is 1. The zero-order valence-electron chi connectivity index (χ0n) is 32.6. The monoisotopic (exact) mass is 692 g/mol. The van der Waals surface area contributed by atoms with Gasteiger partial charge in [0.2, 0.25) is 11.8 Å². The lowest BCUT2D eigenvalue weighted by molar-refractivity contribution is -0.148. The summed E-state index contributed by atoms with van der Waals surface area (Å²) < 4.78 is 12.1. The number of hydrogen-bond acceptors (Lipinski definition) is 7. The lowest BCUT2D eigenvalue weighted by Gasteiger charge is -2.40. The van der Waals surface area contributed by atoms with Gasteiger partial charge in [-0.15, -0.1) is 0 Å². The second kappa shape index (κ2) is 19.4. The fourth-order valence-electron chi connectivity index (χ4n) is 7.91. The number of hydrogen-bond donors (Lipinski definition) is 0. The molecule has 2 heterocycles.